The standard InChI is InChI=1S/C17H14N2O3S2/c20-15-14-10-2-1-3-13(10)24-16(14)19-17(18-15)23-7-9-4-5-11-12(6-9)22-8-21-11/h4-6H,1-3,7-8H2,(H,18,19,20). The van der Waals surface area contributed by atoms with Crippen LogP contribution in [-0.2, 0) is 18.6 Å². The van der Waals surface area contributed by atoms with E-state index in [0.29, 0.717) is 5.16 Å². The zero-order chi connectivity index (χ0) is 16.1. The van der Waals surface area contributed by atoms with Gasteiger partial charge in [-0.2, -0.15) is 0 Å². The maximum absolute atomic E-state index is 12.4. The minimum absolute atomic E-state index is 0.00686. The Hall–Kier alpha value is -1.99. The van der Waals surface area contributed by atoms with Crippen LogP contribution in [-0.4, -0.2) is 16.8 Å². The molecular formula is C17H14N2O3S2. The van der Waals surface area contributed by atoms with Crippen molar-refractivity contribution in [1.82, 2.24) is 9.97 Å². The third-order valence-corrected chi connectivity index (χ3v) is 6.50. The van der Waals surface area contributed by atoms with Crippen molar-refractivity contribution in [2.24, 2.45) is 0 Å². The molecule has 0 spiro atoms. The molecule has 24 heavy (non-hydrogen) atoms. The van der Waals surface area contributed by atoms with Crippen LogP contribution in [0.4, 0.5) is 0 Å². The second kappa shape index (κ2) is 5.53. The number of ether oxygens (including phenoxy) is 2. The summed E-state index contributed by atoms with van der Waals surface area (Å²) < 4.78 is 10.7. The van der Waals surface area contributed by atoms with Gasteiger partial charge in [0.2, 0.25) is 6.79 Å². The van der Waals surface area contributed by atoms with Gasteiger partial charge >= 0.3 is 0 Å². The Morgan fingerprint density at radius 3 is 3.12 bits per heavy atom. The summed E-state index contributed by atoms with van der Waals surface area (Å²) in [6.07, 6.45) is 3.23. The molecule has 1 aromatic carbocycles. The second-order valence-corrected chi connectivity index (χ2v) is 7.93. The Morgan fingerprint density at radius 1 is 1.25 bits per heavy atom. The molecule has 5 rings (SSSR count). The molecule has 0 unspecified atom stereocenters. The van der Waals surface area contributed by atoms with Crippen LogP contribution in [0.2, 0.25) is 0 Å². The molecule has 0 bridgehead atoms. The molecular weight excluding hydrogens is 344 g/mol. The number of H-pyrrole nitrogens is 1. The number of nitrogens with zero attached hydrogens (tertiary/aromatic N) is 1. The van der Waals surface area contributed by atoms with E-state index in [9.17, 15) is 4.79 Å². The van der Waals surface area contributed by atoms with Gasteiger partial charge in [-0.25, -0.2) is 4.98 Å². The van der Waals surface area contributed by atoms with E-state index in [-0.39, 0.29) is 12.4 Å². The van der Waals surface area contributed by atoms with Crippen LogP contribution in [0.15, 0.2) is 28.2 Å². The fourth-order valence-electron chi connectivity index (χ4n) is 3.23. The summed E-state index contributed by atoms with van der Waals surface area (Å²) in [6.45, 7) is 0.278. The normalized spacial score (nSPS) is 15.2. The third-order valence-electron chi connectivity index (χ3n) is 4.37. The highest BCUT2D eigenvalue weighted by atomic mass is 32.2. The average molecular weight is 358 g/mol. The van der Waals surface area contributed by atoms with E-state index in [1.54, 1.807) is 11.3 Å². The fraction of sp³-hybridized carbons (Fsp3) is 0.294. The van der Waals surface area contributed by atoms with Crippen LogP contribution >= 0.6 is 23.1 Å². The molecule has 5 nitrogen and oxygen atoms in total. The summed E-state index contributed by atoms with van der Waals surface area (Å²) in [5, 5.41) is 1.48. The number of aryl methyl sites for hydroxylation is 2. The van der Waals surface area contributed by atoms with Gasteiger partial charge in [-0.1, -0.05) is 17.8 Å². The van der Waals surface area contributed by atoms with Crippen LogP contribution in [0.3, 0.4) is 0 Å². The van der Waals surface area contributed by atoms with Crippen molar-refractivity contribution in [2.45, 2.75) is 30.2 Å². The van der Waals surface area contributed by atoms with Crippen molar-refractivity contribution in [2.75, 3.05) is 6.79 Å². The molecule has 0 fully saturated rings. The van der Waals surface area contributed by atoms with Crippen molar-refractivity contribution in [3.8, 4) is 11.5 Å². The molecule has 0 amide bonds. The van der Waals surface area contributed by atoms with E-state index in [0.717, 1.165) is 52.3 Å². The first-order valence-corrected chi connectivity index (χ1v) is 9.64. The molecule has 0 atom stereocenters. The molecule has 0 radical (unpaired) electrons. The summed E-state index contributed by atoms with van der Waals surface area (Å²) in [5.74, 6) is 2.28. The number of aromatic nitrogens is 2. The summed E-state index contributed by atoms with van der Waals surface area (Å²) >= 11 is 3.20. The van der Waals surface area contributed by atoms with E-state index >= 15 is 0 Å². The number of benzene rings is 1. The molecule has 0 saturated carbocycles. The highest BCUT2D eigenvalue weighted by Crippen LogP contribution is 2.36. The number of nitrogens with one attached hydrogen (secondary N) is 1. The molecule has 2 aromatic heterocycles. The molecule has 2 aliphatic rings. The van der Waals surface area contributed by atoms with Crippen LogP contribution in [0, 0.1) is 0 Å². The fourth-order valence-corrected chi connectivity index (χ4v) is 5.36. The van der Waals surface area contributed by atoms with Crippen LogP contribution < -0.4 is 15.0 Å². The molecule has 1 aliphatic carbocycles. The van der Waals surface area contributed by atoms with E-state index in [1.165, 1.54) is 22.2 Å². The van der Waals surface area contributed by atoms with E-state index in [4.69, 9.17) is 9.47 Å². The summed E-state index contributed by atoms with van der Waals surface area (Å²) in [7, 11) is 0. The topological polar surface area (TPSA) is 64.2 Å². The number of rotatable bonds is 3. The lowest BCUT2D eigenvalue weighted by Crippen LogP contribution is -2.09. The summed E-state index contributed by atoms with van der Waals surface area (Å²) in [6, 6.07) is 5.91. The molecule has 122 valence electrons. The smallest absolute Gasteiger partial charge is 0.260 e. The zero-order valence-corrected chi connectivity index (χ0v) is 14.4. The van der Waals surface area contributed by atoms with Crippen molar-refractivity contribution < 1.29 is 9.47 Å². The van der Waals surface area contributed by atoms with Gasteiger partial charge in [0, 0.05) is 10.6 Å². The summed E-state index contributed by atoms with van der Waals surface area (Å²) in [5.41, 5.74) is 2.32. The molecule has 3 heterocycles. The number of hydrogen-bond donors (Lipinski definition) is 1. The van der Waals surface area contributed by atoms with Crippen LogP contribution in [0.1, 0.15) is 22.4 Å². The van der Waals surface area contributed by atoms with Crippen molar-refractivity contribution in [3.05, 3.63) is 44.6 Å². The van der Waals surface area contributed by atoms with E-state index in [1.807, 2.05) is 18.2 Å². The number of thiophene rings is 1. The van der Waals surface area contributed by atoms with E-state index < -0.39 is 0 Å². The van der Waals surface area contributed by atoms with Gasteiger partial charge in [0.1, 0.15) is 4.83 Å². The van der Waals surface area contributed by atoms with Gasteiger partial charge in [0.25, 0.3) is 5.56 Å². The lowest BCUT2D eigenvalue weighted by molar-refractivity contribution is 0.174. The number of thioether (sulfide) groups is 1. The van der Waals surface area contributed by atoms with Crippen LogP contribution in [0.5, 0.6) is 11.5 Å². The highest BCUT2D eigenvalue weighted by molar-refractivity contribution is 7.98. The van der Waals surface area contributed by atoms with Gasteiger partial charge in [0.05, 0.1) is 5.39 Å². The lowest BCUT2D eigenvalue weighted by atomic mass is 10.2. The Morgan fingerprint density at radius 2 is 2.17 bits per heavy atom. The van der Waals surface area contributed by atoms with Crippen LogP contribution in [0.25, 0.3) is 10.2 Å². The Labute approximate surface area is 146 Å². The first kappa shape index (κ1) is 14.4. The van der Waals surface area contributed by atoms with Crippen molar-refractivity contribution >= 4 is 33.3 Å². The minimum Gasteiger partial charge on any atom is -0.454 e. The maximum Gasteiger partial charge on any atom is 0.260 e. The maximum atomic E-state index is 12.4. The highest BCUT2D eigenvalue weighted by Gasteiger charge is 2.21. The molecule has 1 N–H and O–H groups in total. The first-order valence-electron chi connectivity index (χ1n) is 7.84. The number of hydrogen-bond acceptors (Lipinski definition) is 6. The Bertz CT molecular complexity index is 1010. The largest absolute Gasteiger partial charge is 0.454 e. The van der Waals surface area contributed by atoms with Gasteiger partial charge in [0.15, 0.2) is 16.7 Å². The zero-order valence-electron chi connectivity index (χ0n) is 12.8. The lowest BCUT2D eigenvalue weighted by Gasteiger charge is -2.03. The SMILES string of the molecule is O=c1[nH]c(SCc2ccc3c(c2)OCO3)nc2sc3c(c12)CCC3. The van der Waals surface area contributed by atoms with E-state index in [2.05, 4.69) is 9.97 Å². The Balaban J connectivity index is 1.42. The molecule has 1 aliphatic heterocycles. The van der Waals surface area contributed by atoms with Gasteiger partial charge in [-0.15, -0.1) is 11.3 Å². The van der Waals surface area contributed by atoms with Gasteiger partial charge in [-0.05, 0) is 42.5 Å². The first-order chi connectivity index (χ1) is 11.8. The molecule has 0 saturated heterocycles. The second-order valence-electron chi connectivity index (χ2n) is 5.88. The van der Waals surface area contributed by atoms with Crippen molar-refractivity contribution in [1.29, 1.82) is 0 Å². The predicted octanol–water partition coefficient (Wildman–Crippen LogP) is 3.49. The Kier molecular flexibility index (Phi) is 3.31. The third kappa shape index (κ3) is 2.31. The number of fused-ring (bicyclic) bond motifs is 4. The molecule has 3 aromatic rings. The minimum atomic E-state index is -0.00686. The average Bonchev–Trinajstić information content (AvgIpc) is 3.27. The van der Waals surface area contributed by atoms with Gasteiger partial charge in [-0.3, -0.25) is 4.79 Å². The monoisotopic (exact) mass is 358 g/mol. The van der Waals surface area contributed by atoms with Crippen molar-refractivity contribution in [3.63, 3.8) is 0 Å². The quantitative estimate of drug-likeness (QED) is 0.573. The number of aromatic amines is 1. The predicted molar refractivity (Wildman–Crippen MR) is 94.4 cm³/mol. The van der Waals surface area contributed by atoms with Gasteiger partial charge < -0.3 is 14.5 Å². The molecule has 7 heteroatoms. The summed E-state index contributed by atoms with van der Waals surface area (Å²) in [4.78, 5) is 22.2.